The number of benzene rings is 1. The molecule has 0 N–H and O–H groups in total. The fourth-order valence-corrected chi connectivity index (χ4v) is 6.20. The monoisotopic (exact) mass is 490 g/mol. The third-order valence-electron chi connectivity index (χ3n) is 8.21. The van der Waals surface area contributed by atoms with Crippen molar-refractivity contribution in [1.29, 1.82) is 0 Å². The Kier molecular flexibility index (Phi) is 11.5. The first kappa shape index (κ1) is 27.7. The van der Waals surface area contributed by atoms with E-state index in [2.05, 4.69) is 13.5 Å². The number of ether oxygens (including phenoxy) is 2. The maximum absolute atomic E-state index is 14.7. The highest BCUT2D eigenvalue weighted by molar-refractivity contribution is 5.81. The molecule has 0 aliphatic heterocycles. The highest BCUT2D eigenvalue weighted by atomic mass is 19.1. The fourth-order valence-electron chi connectivity index (χ4n) is 6.20. The molecule has 2 saturated carbocycles. The number of carbonyl (C=O) groups is 1. The predicted molar refractivity (Wildman–Crippen MR) is 137 cm³/mol. The highest BCUT2D eigenvalue weighted by Gasteiger charge is 2.31. The van der Waals surface area contributed by atoms with Crippen molar-refractivity contribution in [2.45, 2.75) is 103 Å². The molecule has 0 radical (unpaired) electrons. The van der Waals surface area contributed by atoms with Gasteiger partial charge in [0.05, 0.1) is 13.2 Å². The minimum atomic E-state index is -0.590. The molecule has 2 aliphatic carbocycles. The predicted octanol–water partition coefficient (Wildman–Crippen LogP) is 8.51. The molecule has 0 spiro atoms. The summed E-state index contributed by atoms with van der Waals surface area (Å²) in [6, 6.07) is 2.99. The number of esters is 1. The van der Waals surface area contributed by atoms with Gasteiger partial charge in [0.2, 0.25) is 0 Å². The molecular formula is C30H44F2O3. The van der Waals surface area contributed by atoms with Crippen LogP contribution in [0.15, 0.2) is 24.8 Å². The first-order valence-electron chi connectivity index (χ1n) is 13.9. The van der Waals surface area contributed by atoms with Gasteiger partial charge in [-0.1, -0.05) is 39.2 Å². The second kappa shape index (κ2) is 14.6. The minimum absolute atomic E-state index is 0.246. The van der Waals surface area contributed by atoms with Crippen LogP contribution in [0.2, 0.25) is 0 Å². The Bertz CT molecular complexity index is 770. The van der Waals surface area contributed by atoms with Gasteiger partial charge in [-0.2, -0.15) is 0 Å². The molecule has 3 nitrogen and oxygen atoms in total. The van der Waals surface area contributed by atoms with Crippen LogP contribution < -0.4 is 4.74 Å². The normalized spacial score (nSPS) is 24.7. The van der Waals surface area contributed by atoms with Gasteiger partial charge in [0, 0.05) is 6.08 Å². The molecule has 0 unspecified atom stereocenters. The van der Waals surface area contributed by atoms with Crippen molar-refractivity contribution < 1.29 is 23.0 Å². The lowest BCUT2D eigenvalue weighted by Gasteiger charge is -2.38. The zero-order valence-electron chi connectivity index (χ0n) is 21.5. The van der Waals surface area contributed by atoms with E-state index < -0.39 is 17.6 Å². The van der Waals surface area contributed by atoms with Crippen LogP contribution in [0.5, 0.6) is 5.75 Å². The number of carbonyl (C=O) groups excluding carboxylic acids is 1. The Labute approximate surface area is 210 Å². The molecule has 0 amide bonds. The van der Waals surface area contributed by atoms with Gasteiger partial charge in [0.1, 0.15) is 0 Å². The zero-order chi connectivity index (χ0) is 25.0. The lowest BCUT2D eigenvalue weighted by atomic mass is 9.68. The Morgan fingerprint density at radius 1 is 0.914 bits per heavy atom. The summed E-state index contributed by atoms with van der Waals surface area (Å²) in [4.78, 5) is 11.0. The highest BCUT2D eigenvalue weighted by Crippen LogP contribution is 2.45. The first-order valence-corrected chi connectivity index (χ1v) is 13.9. The van der Waals surface area contributed by atoms with E-state index in [4.69, 9.17) is 9.47 Å². The van der Waals surface area contributed by atoms with Crippen molar-refractivity contribution in [3.8, 4) is 5.75 Å². The van der Waals surface area contributed by atoms with Crippen LogP contribution in [-0.4, -0.2) is 19.2 Å². The third-order valence-corrected chi connectivity index (χ3v) is 8.21. The molecule has 1 aromatic carbocycles. The van der Waals surface area contributed by atoms with Crippen molar-refractivity contribution in [2.24, 2.45) is 17.8 Å². The minimum Gasteiger partial charge on any atom is -0.488 e. The molecule has 2 fully saturated rings. The summed E-state index contributed by atoms with van der Waals surface area (Å²) in [5.74, 6) is 0.979. The SMILES string of the molecule is C=CC(=O)OCCCCCCOc1c(F)cc(C2CCC(C3CCC(CCC)CC3)CC2)cc1F. The summed E-state index contributed by atoms with van der Waals surface area (Å²) >= 11 is 0. The van der Waals surface area contributed by atoms with Crippen molar-refractivity contribution >= 4 is 5.97 Å². The lowest BCUT2D eigenvalue weighted by Crippen LogP contribution is -2.25. The molecular weight excluding hydrogens is 446 g/mol. The van der Waals surface area contributed by atoms with Crippen LogP contribution >= 0.6 is 0 Å². The standard InChI is InChI=1S/C30H44F2O3/c1-3-9-22-10-12-23(13-11-22)24-14-16-25(17-15-24)26-20-27(31)30(28(32)21-26)35-19-8-6-5-7-18-34-29(33)4-2/h4,20-25H,2-3,5-19H2,1H3. The molecule has 0 aromatic heterocycles. The summed E-state index contributed by atoms with van der Waals surface area (Å²) in [5.41, 5.74) is 0.784. The summed E-state index contributed by atoms with van der Waals surface area (Å²) in [6.07, 6.45) is 16.9. The number of hydrogen-bond acceptors (Lipinski definition) is 3. The number of rotatable bonds is 13. The van der Waals surface area contributed by atoms with Crippen LogP contribution in [0.25, 0.3) is 0 Å². The molecule has 35 heavy (non-hydrogen) atoms. The Hall–Kier alpha value is -1.91. The van der Waals surface area contributed by atoms with E-state index in [9.17, 15) is 13.6 Å². The quantitative estimate of drug-likeness (QED) is 0.158. The zero-order valence-corrected chi connectivity index (χ0v) is 21.5. The maximum Gasteiger partial charge on any atom is 0.330 e. The second-order valence-electron chi connectivity index (χ2n) is 10.6. The van der Waals surface area contributed by atoms with E-state index in [-0.39, 0.29) is 18.3 Å². The number of halogens is 2. The summed E-state index contributed by atoms with van der Waals surface area (Å²) in [6.45, 7) is 6.26. The molecule has 3 rings (SSSR count). The topological polar surface area (TPSA) is 35.5 Å². The van der Waals surface area contributed by atoms with E-state index in [1.807, 2.05) is 0 Å². The molecule has 196 valence electrons. The molecule has 0 saturated heterocycles. The van der Waals surface area contributed by atoms with Gasteiger partial charge < -0.3 is 9.47 Å². The van der Waals surface area contributed by atoms with Gasteiger partial charge in [0.25, 0.3) is 0 Å². The van der Waals surface area contributed by atoms with Crippen molar-refractivity contribution in [1.82, 2.24) is 0 Å². The van der Waals surface area contributed by atoms with Gasteiger partial charge >= 0.3 is 5.97 Å². The molecule has 2 aliphatic rings. The average Bonchev–Trinajstić information content (AvgIpc) is 2.87. The van der Waals surface area contributed by atoms with E-state index in [0.717, 1.165) is 61.5 Å². The Balaban J connectivity index is 1.38. The van der Waals surface area contributed by atoms with E-state index in [1.165, 1.54) is 63.5 Å². The summed E-state index contributed by atoms with van der Waals surface area (Å²) < 4.78 is 39.8. The van der Waals surface area contributed by atoms with E-state index >= 15 is 0 Å². The third kappa shape index (κ3) is 8.61. The van der Waals surface area contributed by atoms with E-state index in [0.29, 0.717) is 13.0 Å². The smallest absolute Gasteiger partial charge is 0.330 e. The lowest BCUT2D eigenvalue weighted by molar-refractivity contribution is -0.137. The van der Waals surface area contributed by atoms with Gasteiger partial charge in [-0.25, -0.2) is 13.6 Å². The fraction of sp³-hybridized carbons (Fsp3) is 0.700. The average molecular weight is 491 g/mol. The van der Waals surface area contributed by atoms with Crippen LogP contribution in [-0.2, 0) is 9.53 Å². The molecule has 0 bridgehead atoms. The molecule has 1 aromatic rings. The van der Waals surface area contributed by atoms with Crippen LogP contribution in [0, 0.1) is 29.4 Å². The second-order valence-corrected chi connectivity index (χ2v) is 10.6. The van der Waals surface area contributed by atoms with Crippen LogP contribution in [0.3, 0.4) is 0 Å². The molecule has 5 heteroatoms. The molecule has 0 heterocycles. The number of hydrogen-bond donors (Lipinski definition) is 0. The van der Waals surface area contributed by atoms with Crippen LogP contribution in [0.4, 0.5) is 8.78 Å². The maximum atomic E-state index is 14.7. The van der Waals surface area contributed by atoms with Crippen molar-refractivity contribution in [3.63, 3.8) is 0 Å². The van der Waals surface area contributed by atoms with Gasteiger partial charge in [-0.05, 0) is 106 Å². The molecule has 0 atom stereocenters. The largest absolute Gasteiger partial charge is 0.488 e. The first-order chi connectivity index (χ1) is 17.0. The van der Waals surface area contributed by atoms with Gasteiger partial charge in [-0.3, -0.25) is 0 Å². The summed E-state index contributed by atoms with van der Waals surface area (Å²) in [5, 5.41) is 0. The van der Waals surface area contributed by atoms with Crippen molar-refractivity contribution in [3.05, 3.63) is 42.0 Å². The number of unbranched alkanes of at least 4 members (excludes halogenated alkanes) is 3. The van der Waals surface area contributed by atoms with Crippen LogP contribution in [0.1, 0.15) is 108 Å². The van der Waals surface area contributed by atoms with Gasteiger partial charge in [-0.15, -0.1) is 0 Å². The Morgan fingerprint density at radius 2 is 1.49 bits per heavy atom. The van der Waals surface area contributed by atoms with E-state index in [1.54, 1.807) is 0 Å². The Morgan fingerprint density at radius 3 is 2.06 bits per heavy atom. The summed E-state index contributed by atoms with van der Waals surface area (Å²) in [7, 11) is 0. The van der Waals surface area contributed by atoms with Crippen molar-refractivity contribution in [2.75, 3.05) is 13.2 Å². The van der Waals surface area contributed by atoms with Gasteiger partial charge in [0.15, 0.2) is 17.4 Å².